The van der Waals surface area contributed by atoms with E-state index < -0.39 is 0 Å². The Morgan fingerprint density at radius 1 is 1.41 bits per heavy atom. The summed E-state index contributed by atoms with van der Waals surface area (Å²) in [5.41, 5.74) is 2.68. The van der Waals surface area contributed by atoms with Gasteiger partial charge >= 0.3 is 0 Å². The first-order valence-corrected chi connectivity index (χ1v) is 5.98. The standard InChI is InChI=1S/C13H11BrN2O/c1-9(11-4-5-17-8-11)16-13-3-2-10(7-15)6-12(13)14/h2-6,8-9,16H,1H3. The Morgan fingerprint density at radius 2 is 2.24 bits per heavy atom. The number of hydrogen-bond acceptors (Lipinski definition) is 3. The van der Waals surface area contributed by atoms with Crippen LogP contribution in [0, 0.1) is 11.3 Å². The lowest BCUT2D eigenvalue weighted by molar-refractivity contribution is 0.562. The van der Waals surface area contributed by atoms with E-state index in [2.05, 4.69) is 34.2 Å². The minimum atomic E-state index is 0.151. The third kappa shape index (κ3) is 2.69. The number of nitrogens with zero attached hydrogens (tertiary/aromatic N) is 1. The molecule has 3 nitrogen and oxygen atoms in total. The predicted octanol–water partition coefficient (Wildman–Crippen LogP) is 4.09. The van der Waals surface area contributed by atoms with E-state index in [0.717, 1.165) is 15.7 Å². The van der Waals surface area contributed by atoms with Gasteiger partial charge in [-0.05, 0) is 47.1 Å². The van der Waals surface area contributed by atoms with Crippen LogP contribution in [0.25, 0.3) is 0 Å². The van der Waals surface area contributed by atoms with Crippen LogP contribution < -0.4 is 5.32 Å². The van der Waals surface area contributed by atoms with Crippen molar-refractivity contribution in [1.29, 1.82) is 5.26 Å². The van der Waals surface area contributed by atoms with Gasteiger partial charge in [0, 0.05) is 15.7 Å². The molecule has 2 aromatic rings. The summed E-state index contributed by atoms with van der Waals surface area (Å²) in [5, 5.41) is 12.1. The fourth-order valence-corrected chi connectivity index (χ4v) is 2.03. The summed E-state index contributed by atoms with van der Waals surface area (Å²) in [6.07, 6.45) is 3.37. The molecule has 0 saturated carbocycles. The van der Waals surface area contributed by atoms with Crippen LogP contribution in [0.3, 0.4) is 0 Å². The largest absolute Gasteiger partial charge is 0.472 e. The molecule has 0 bridgehead atoms. The van der Waals surface area contributed by atoms with Crippen molar-refractivity contribution in [2.45, 2.75) is 13.0 Å². The maximum Gasteiger partial charge on any atom is 0.0992 e. The van der Waals surface area contributed by atoms with E-state index in [9.17, 15) is 0 Å². The van der Waals surface area contributed by atoms with Crippen LogP contribution in [0.4, 0.5) is 5.69 Å². The number of nitriles is 1. The second-order valence-corrected chi connectivity index (χ2v) is 4.58. The number of anilines is 1. The monoisotopic (exact) mass is 290 g/mol. The van der Waals surface area contributed by atoms with E-state index >= 15 is 0 Å². The third-order valence-corrected chi connectivity index (χ3v) is 3.17. The first kappa shape index (κ1) is 11.7. The van der Waals surface area contributed by atoms with E-state index in [4.69, 9.17) is 9.68 Å². The SMILES string of the molecule is CC(Nc1ccc(C#N)cc1Br)c1ccoc1. The molecule has 0 spiro atoms. The second-order valence-electron chi connectivity index (χ2n) is 3.73. The van der Waals surface area contributed by atoms with Gasteiger partial charge in [0.15, 0.2) is 0 Å². The third-order valence-electron chi connectivity index (χ3n) is 2.51. The van der Waals surface area contributed by atoms with Crippen molar-refractivity contribution in [1.82, 2.24) is 0 Å². The molecule has 1 unspecified atom stereocenters. The molecule has 1 heterocycles. The molecule has 86 valence electrons. The normalized spacial score (nSPS) is 11.8. The molecule has 1 aromatic heterocycles. The Balaban J connectivity index is 2.17. The molecule has 2 rings (SSSR count). The molecule has 0 saturated heterocycles. The minimum absolute atomic E-state index is 0.151. The maximum atomic E-state index is 8.78. The molecule has 0 aliphatic carbocycles. The highest BCUT2D eigenvalue weighted by Crippen LogP contribution is 2.27. The number of benzene rings is 1. The molecule has 1 atom stereocenters. The topological polar surface area (TPSA) is 49.0 Å². The zero-order valence-electron chi connectivity index (χ0n) is 9.27. The van der Waals surface area contributed by atoms with Crippen LogP contribution in [-0.4, -0.2) is 0 Å². The second kappa shape index (κ2) is 5.07. The molecule has 0 radical (unpaired) electrons. The van der Waals surface area contributed by atoms with E-state index in [1.165, 1.54) is 0 Å². The highest BCUT2D eigenvalue weighted by atomic mass is 79.9. The molecular weight excluding hydrogens is 280 g/mol. The van der Waals surface area contributed by atoms with Gasteiger partial charge in [0.1, 0.15) is 0 Å². The smallest absolute Gasteiger partial charge is 0.0992 e. The van der Waals surface area contributed by atoms with E-state index in [-0.39, 0.29) is 6.04 Å². The van der Waals surface area contributed by atoms with Gasteiger partial charge in [0.2, 0.25) is 0 Å². The fourth-order valence-electron chi connectivity index (χ4n) is 1.54. The molecule has 0 fully saturated rings. The van der Waals surface area contributed by atoms with Gasteiger partial charge in [-0.15, -0.1) is 0 Å². The summed E-state index contributed by atoms with van der Waals surface area (Å²) in [7, 11) is 0. The number of nitrogens with one attached hydrogen (secondary N) is 1. The van der Waals surface area contributed by atoms with Crippen molar-refractivity contribution in [3.8, 4) is 6.07 Å². The highest BCUT2D eigenvalue weighted by Gasteiger charge is 2.08. The summed E-state index contributed by atoms with van der Waals surface area (Å²) in [5.74, 6) is 0. The summed E-state index contributed by atoms with van der Waals surface area (Å²) in [6, 6.07) is 9.65. The number of halogens is 1. The van der Waals surface area contributed by atoms with E-state index in [1.807, 2.05) is 12.1 Å². The molecular formula is C13H11BrN2O. The molecule has 1 aromatic carbocycles. The van der Waals surface area contributed by atoms with Crippen LogP contribution >= 0.6 is 15.9 Å². The van der Waals surface area contributed by atoms with Gasteiger partial charge in [-0.3, -0.25) is 0 Å². The number of furan rings is 1. The predicted molar refractivity (Wildman–Crippen MR) is 69.6 cm³/mol. The summed E-state index contributed by atoms with van der Waals surface area (Å²) in [6.45, 7) is 2.05. The van der Waals surface area contributed by atoms with Gasteiger partial charge in [-0.1, -0.05) is 0 Å². The first-order chi connectivity index (χ1) is 8.20. The summed E-state index contributed by atoms with van der Waals surface area (Å²) < 4.78 is 5.93. The van der Waals surface area contributed by atoms with Crippen molar-refractivity contribution >= 4 is 21.6 Å². The number of rotatable bonds is 3. The van der Waals surface area contributed by atoms with Gasteiger partial charge in [0.25, 0.3) is 0 Å². The zero-order valence-corrected chi connectivity index (χ0v) is 10.9. The molecule has 0 aliphatic heterocycles. The van der Waals surface area contributed by atoms with Crippen molar-refractivity contribution in [3.05, 3.63) is 52.4 Å². The van der Waals surface area contributed by atoms with E-state index in [1.54, 1.807) is 24.7 Å². The summed E-state index contributed by atoms with van der Waals surface area (Å²) in [4.78, 5) is 0. The number of hydrogen-bond donors (Lipinski definition) is 1. The van der Waals surface area contributed by atoms with Crippen LogP contribution in [-0.2, 0) is 0 Å². The van der Waals surface area contributed by atoms with Gasteiger partial charge in [-0.2, -0.15) is 5.26 Å². The quantitative estimate of drug-likeness (QED) is 0.926. The lowest BCUT2D eigenvalue weighted by Crippen LogP contribution is -2.05. The molecule has 0 aliphatic rings. The molecule has 0 amide bonds. The van der Waals surface area contributed by atoms with Crippen LogP contribution in [0.15, 0.2) is 45.7 Å². The molecule has 17 heavy (non-hydrogen) atoms. The van der Waals surface area contributed by atoms with Gasteiger partial charge in [0.05, 0.1) is 30.2 Å². The minimum Gasteiger partial charge on any atom is -0.472 e. The maximum absolute atomic E-state index is 8.78. The van der Waals surface area contributed by atoms with Gasteiger partial charge in [-0.25, -0.2) is 0 Å². The zero-order chi connectivity index (χ0) is 12.3. The Hall–Kier alpha value is -1.73. The Labute approximate surface area is 108 Å². The van der Waals surface area contributed by atoms with Crippen LogP contribution in [0.2, 0.25) is 0 Å². The van der Waals surface area contributed by atoms with Crippen LogP contribution in [0.1, 0.15) is 24.1 Å². The highest BCUT2D eigenvalue weighted by molar-refractivity contribution is 9.10. The molecule has 1 N–H and O–H groups in total. The van der Waals surface area contributed by atoms with Gasteiger partial charge < -0.3 is 9.73 Å². The van der Waals surface area contributed by atoms with Crippen LogP contribution in [0.5, 0.6) is 0 Å². The van der Waals surface area contributed by atoms with Crippen molar-refractivity contribution in [2.75, 3.05) is 5.32 Å². The Bertz CT molecular complexity index is 543. The molecule has 4 heteroatoms. The first-order valence-electron chi connectivity index (χ1n) is 5.19. The lowest BCUT2D eigenvalue weighted by Gasteiger charge is -2.15. The average Bonchev–Trinajstić information content (AvgIpc) is 2.85. The Morgan fingerprint density at radius 3 is 2.82 bits per heavy atom. The summed E-state index contributed by atoms with van der Waals surface area (Å²) >= 11 is 3.44. The van der Waals surface area contributed by atoms with Crippen molar-refractivity contribution in [2.24, 2.45) is 0 Å². The lowest BCUT2D eigenvalue weighted by atomic mass is 10.1. The average molecular weight is 291 g/mol. The van der Waals surface area contributed by atoms with Crippen molar-refractivity contribution in [3.63, 3.8) is 0 Å². The van der Waals surface area contributed by atoms with E-state index in [0.29, 0.717) is 5.56 Å². The Kier molecular flexibility index (Phi) is 3.50. The fraction of sp³-hybridized carbons (Fsp3) is 0.154. The van der Waals surface area contributed by atoms with Crippen molar-refractivity contribution < 1.29 is 4.42 Å².